The van der Waals surface area contributed by atoms with Crippen molar-refractivity contribution in [3.8, 4) is 0 Å². The fourth-order valence-electron chi connectivity index (χ4n) is 5.57. The summed E-state index contributed by atoms with van der Waals surface area (Å²) >= 11 is 0. The van der Waals surface area contributed by atoms with Gasteiger partial charge in [0.05, 0.1) is 49.3 Å². The van der Waals surface area contributed by atoms with Crippen molar-refractivity contribution >= 4 is 6.29 Å². The van der Waals surface area contributed by atoms with E-state index in [0.717, 1.165) is 31.1 Å². The molecule has 176 valence electrons. The molecule has 4 rings (SSSR count). The van der Waals surface area contributed by atoms with Crippen LogP contribution in [-0.2, 0) is 28.5 Å². The summed E-state index contributed by atoms with van der Waals surface area (Å²) in [5.74, 6) is -0.380. The number of carbonyl (C=O) groups is 1. The lowest BCUT2D eigenvalue weighted by molar-refractivity contribution is -0.355. The summed E-state index contributed by atoms with van der Waals surface area (Å²) in [6.45, 7) is 12.8. The highest BCUT2D eigenvalue weighted by molar-refractivity contribution is 5.49. The second-order valence-electron chi connectivity index (χ2n) is 10.2. The molecule has 4 heterocycles. The molecule has 0 aliphatic carbocycles. The summed E-state index contributed by atoms with van der Waals surface area (Å²) in [5, 5.41) is 11.0. The molecule has 7 heteroatoms. The van der Waals surface area contributed by atoms with Gasteiger partial charge in [-0.25, -0.2) is 0 Å². The lowest BCUT2D eigenvalue weighted by Crippen LogP contribution is -2.63. The van der Waals surface area contributed by atoms with Crippen molar-refractivity contribution in [3.05, 3.63) is 12.2 Å². The van der Waals surface area contributed by atoms with Crippen LogP contribution in [0.1, 0.15) is 59.8 Å². The van der Waals surface area contributed by atoms with Crippen LogP contribution < -0.4 is 0 Å². The predicted molar refractivity (Wildman–Crippen MR) is 114 cm³/mol. The highest BCUT2D eigenvalue weighted by atomic mass is 16.7. The van der Waals surface area contributed by atoms with Crippen LogP contribution >= 0.6 is 0 Å². The number of hydrogen-bond donors (Lipinski definition) is 1. The van der Waals surface area contributed by atoms with E-state index in [4.69, 9.17) is 23.7 Å². The van der Waals surface area contributed by atoms with Crippen LogP contribution in [0.15, 0.2) is 12.2 Å². The zero-order chi connectivity index (χ0) is 22.3. The molecule has 0 aromatic rings. The van der Waals surface area contributed by atoms with Gasteiger partial charge in [0.15, 0.2) is 5.79 Å². The van der Waals surface area contributed by atoms with Gasteiger partial charge in [0, 0.05) is 25.2 Å². The number of aliphatic hydroxyl groups is 1. The molecule has 1 unspecified atom stereocenters. The minimum Gasteiger partial charge on any atom is -0.390 e. The van der Waals surface area contributed by atoms with E-state index in [2.05, 4.69) is 13.5 Å². The van der Waals surface area contributed by atoms with Crippen LogP contribution in [0.25, 0.3) is 0 Å². The standard InChI is InChI=1S/C24H38O7/c1-13-9-16(7-6-8-25)28-17(14(13)2)10-19-22(26)15(3)23-20(29-19)11-18-21(30-23)12-27-24(4,5)31-18/h8,13,15-23,26H,2,6-7,9-12H2,1,3-5H3/t13-,15-,16+,17?,18-,19+,20+,21-,22-,23+/m1/s1. The van der Waals surface area contributed by atoms with E-state index < -0.39 is 11.9 Å². The average Bonchev–Trinajstić information content (AvgIpc) is 2.72. The van der Waals surface area contributed by atoms with Gasteiger partial charge in [-0.15, -0.1) is 0 Å². The maximum atomic E-state index is 11.0. The molecule has 0 radical (unpaired) electrons. The van der Waals surface area contributed by atoms with Crippen molar-refractivity contribution in [1.82, 2.24) is 0 Å². The normalized spacial score (nSPS) is 47.3. The van der Waals surface area contributed by atoms with Gasteiger partial charge < -0.3 is 33.6 Å². The lowest BCUT2D eigenvalue weighted by atomic mass is 9.79. The first-order chi connectivity index (χ1) is 14.7. The third-order valence-electron chi connectivity index (χ3n) is 7.47. The van der Waals surface area contributed by atoms with E-state index in [1.807, 2.05) is 20.8 Å². The number of rotatable bonds is 5. The topological polar surface area (TPSA) is 83.5 Å². The van der Waals surface area contributed by atoms with Crippen molar-refractivity contribution in [2.45, 2.75) is 114 Å². The first-order valence-corrected chi connectivity index (χ1v) is 11.8. The zero-order valence-corrected chi connectivity index (χ0v) is 19.2. The minimum absolute atomic E-state index is 0.0400. The van der Waals surface area contributed by atoms with E-state index in [0.29, 0.717) is 25.4 Å². The average molecular weight is 439 g/mol. The van der Waals surface area contributed by atoms with Crippen molar-refractivity contribution in [2.24, 2.45) is 11.8 Å². The van der Waals surface area contributed by atoms with E-state index in [9.17, 15) is 9.90 Å². The second kappa shape index (κ2) is 9.20. The number of aldehydes is 1. The van der Waals surface area contributed by atoms with Crippen LogP contribution in [0.2, 0.25) is 0 Å². The van der Waals surface area contributed by atoms with Crippen LogP contribution in [0.3, 0.4) is 0 Å². The van der Waals surface area contributed by atoms with Gasteiger partial charge in [-0.05, 0) is 38.2 Å². The molecule has 7 nitrogen and oxygen atoms in total. The summed E-state index contributed by atoms with van der Waals surface area (Å²) in [7, 11) is 0. The van der Waals surface area contributed by atoms with E-state index in [1.165, 1.54) is 0 Å². The highest BCUT2D eigenvalue weighted by Crippen LogP contribution is 2.42. The van der Waals surface area contributed by atoms with E-state index >= 15 is 0 Å². The van der Waals surface area contributed by atoms with Gasteiger partial charge in [-0.3, -0.25) is 0 Å². The quantitative estimate of drug-likeness (QED) is 0.522. The monoisotopic (exact) mass is 438 g/mol. The Hall–Kier alpha value is -0.830. The number of hydrogen-bond acceptors (Lipinski definition) is 7. The van der Waals surface area contributed by atoms with Gasteiger partial charge in [-0.1, -0.05) is 20.4 Å². The predicted octanol–water partition coefficient (Wildman–Crippen LogP) is 2.78. The van der Waals surface area contributed by atoms with E-state index in [1.54, 1.807) is 0 Å². The van der Waals surface area contributed by atoms with Crippen molar-refractivity contribution in [3.63, 3.8) is 0 Å². The first-order valence-electron chi connectivity index (χ1n) is 11.8. The summed E-state index contributed by atoms with van der Waals surface area (Å²) in [6.07, 6.45) is 2.63. The summed E-state index contributed by atoms with van der Waals surface area (Å²) in [4.78, 5) is 10.8. The number of fused-ring (bicyclic) bond motifs is 2. The Morgan fingerprint density at radius 1 is 1.13 bits per heavy atom. The Labute approximate surface area is 185 Å². The Kier molecular flexibility index (Phi) is 6.92. The van der Waals surface area contributed by atoms with Crippen LogP contribution in [0.5, 0.6) is 0 Å². The SMILES string of the molecule is C=C1C(C[C@@H]2O[C@H]3C[C@H]4OC(C)(C)OC[C@H]4O[C@H]3[C@H](C)[C@H]2O)O[C@@H](CCC=O)C[C@H]1C. The van der Waals surface area contributed by atoms with Crippen LogP contribution in [-0.4, -0.2) is 72.6 Å². The second-order valence-corrected chi connectivity index (χ2v) is 10.2. The molecule has 31 heavy (non-hydrogen) atoms. The smallest absolute Gasteiger partial charge is 0.163 e. The zero-order valence-electron chi connectivity index (χ0n) is 19.2. The third kappa shape index (κ3) is 4.92. The van der Waals surface area contributed by atoms with Gasteiger partial charge in [0.2, 0.25) is 0 Å². The Balaban J connectivity index is 1.42. The Bertz CT molecular complexity index is 664. The molecule has 0 aromatic carbocycles. The molecule has 0 spiro atoms. The fraction of sp³-hybridized carbons (Fsp3) is 0.875. The molecule has 4 saturated heterocycles. The molecule has 0 amide bonds. The van der Waals surface area contributed by atoms with Crippen molar-refractivity contribution in [1.29, 1.82) is 0 Å². The molecule has 4 aliphatic rings. The lowest BCUT2D eigenvalue weighted by Gasteiger charge is -2.53. The Morgan fingerprint density at radius 2 is 1.90 bits per heavy atom. The molecule has 0 aromatic heterocycles. The maximum absolute atomic E-state index is 11.0. The minimum atomic E-state index is -0.651. The summed E-state index contributed by atoms with van der Waals surface area (Å²) in [5.41, 5.74) is 1.04. The molecule has 4 aliphatic heterocycles. The molecule has 0 bridgehead atoms. The maximum Gasteiger partial charge on any atom is 0.163 e. The highest BCUT2D eigenvalue weighted by Gasteiger charge is 2.52. The van der Waals surface area contributed by atoms with Gasteiger partial charge in [-0.2, -0.15) is 0 Å². The first kappa shape index (κ1) is 23.3. The number of ether oxygens (including phenoxy) is 5. The molecular weight excluding hydrogens is 400 g/mol. The van der Waals surface area contributed by atoms with Crippen LogP contribution in [0, 0.1) is 11.8 Å². The van der Waals surface area contributed by atoms with Gasteiger partial charge in [0.25, 0.3) is 0 Å². The van der Waals surface area contributed by atoms with Gasteiger partial charge >= 0.3 is 0 Å². The molecule has 0 saturated carbocycles. The van der Waals surface area contributed by atoms with Gasteiger partial charge in [0.1, 0.15) is 12.4 Å². The van der Waals surface area contributed by atoms with Crippen LogP contribution in [0.4, 0.5) is 0 Å². The number of carbonyl (C=O) groups excluding carboxylic acids is 1. The Morgan fingerprint density at radius 3 is 2.65 bits per heavy atom. The third-order valence-corrected chi connectivity index (χ3v) is 7.47. The summed E-state index contributed by atoms with van der Waals surface area (Å²) in [6, 6.07) is 0. The largest absolute Gasteiger partial charge is 0.390 e. The molecule has 10 atom stereocenters. The van der Waals surface area contributed by atoms with E-state index in [-0.39, 0.29) is 48.6 Å². The van der Waals surface area contributed by atoms with Crippen molar-refractivity contribution < 1.29 is 33.6 Å². The number of aliphatic hydroxyl groups excluding tert-OH is 1. The summed E-state index contributed by atoms with van der Waals surface area (Å²) < 4.78 is 30.9. The molecular formula is C24H38O7. The molecule has 1 N–H and O–H groups in total. The van der Waals surface area contributed by atoms with Crippen molar-refractivity contribution in [2.75, 3.05) is 6.61 Å². The fourth-order valence-corrected chi connectivity index (χ4v) is 5.57. The molecule has 4 fully saturated rings.